The van der Waals surface area contributed by atoms with E-state index in [-0.39, 0.29) is 11.9 Å². The molecule has 88 valence electrons. The Balaban J connectivity index is 2.03. The highest BCUT2D eigenvalue weighted by Crippen LogP contribution is 2.32. The minimum absolute atomic E-state index is 0.0822. The van der Waals surface area contributed by atoms with Crippen molar-refractivity contribution in [3.63, 3.8) is 0 Å². The van der Waals surface area contributed by atoms with Crippen LogP contribution in [0.4, 0.5) is 4.39 Å². The number of rotatable bonds is 4. The molecule has 1 atom stereocenters. The summed E-state index contributed by atoms with van der Waals surface area (Å²) in [6.45, 7) is 0. The van der Waals surface area contributed by atoms with Gasteiger partial charge in [0.15, 0.2) is 0 Å². The van der Waals surface area contributed by atoms with Gasteiger partial charge in [-0.2, -0.15) is 0 Å². The monoisotopic (exact) mass is 222 g/mol. The fourth-order valence-electron chi connectivity index (χ4n) is 2.60. The Morgan fingerprint density at radius 1 is 1.38 bits per heavy atom. The molecule has 1 aliphatic carbocycles. The molecule has 16 heavy (non-hydrogen) atoms. The van der Waals surface area contributed by atoms with Crippen molar-refractivity contribution >= 4 is 0 Å². The highest BCUT2D eigenvalue weighted by molar-refractivity contribution is 5.20. The van der Waals surface area contributed by atoms with Crippen LogP contribution in [0.5, 0.6) is 0 Å². The summed E-state index contributed by atoms with van der Waals surface area (Å²) in [6.07, 6.45) is 6.23. The molecular weight excluding hydrogens is 203 g/mol. The third kappa shape index (κ3) is 2.80. The van der Waals surface area contributed by atoms with E-state index in [4.69, 9.17) is 5.84 Å². The molecule has 3 heteroatoms. The second-order valence-corrected chi connectivity index (χ2v) is 4.66. The van der Waals surface area contributed by atoms with Crippen molar-refractivity contribution in [3.05, 3.63) is 35.6 Å². The van der Waals surface area contributed by atoms with Gasteiger partial charge in [0, 0.05) is 6.04 Å². The summed E-state index contributed by atoms with van der Waals surface area (Å²) in [5.74, 6) is 6.11. The number of hydrogen-bond acceptors (Lipinski definition) is 2. The topological polar surface area (TPSA) is 38.0 Å². The fourth-order valence-corrected chi connectivity index (χ4v) is 2.60. The van der Waals surface area contributed by atoms with E-state index in [0.717, 1.165) is 17.9 Å². The minimum Gasteiger partial charge on any atom is -0.271 e. The molecule has 2 nitrogen and oxygen atoms in total. The Kier molecular flexibility index (Phi) is 3.91. The smallest absolute Gasteiger partial charge is 0.123 e. The number of hydrazine groups is 1. The lowest BCUT2D eigenvalue weighted by Crippen LogP contribution is -2.29. The van der Waals surface area contributed by atoms with E-state index >= 15 is 0 Å². The minimum atomic E-state index is -0.191. The Morgan fingerprint density at radius 3 is 2.75 bits per heavy atom. The predicted octanol–water partition coefficient (Wildman–Crippen LogP) is 2.91. The first kappa shape index (κ1) is 11.6. The molecule has 0 amide bonds. The van der Waals surface area contributed by atoms with Crippen molar-refractivity contribution in [2.24, 2.45) is 11.8 Å². The Labute approximate surface area is 96.0 Å². The fraction of sp³-hybridized carbons (Fsp3) is 0.538. The molecule has 1 saturated carbocycles. The zero-order chi connectivity index (χ0) is 11.4. The zero-order valence-electron chi connectivity index (χ0n) is 9.45. The van der Waals surface area contributed by atoms with Crippen LogP contribution >= 0.6 is 0 Å². The third-order valence-corrected chi connectivity index (χ3v) is 3.50. The molecule has 1 fully saturated rings. The Bertz CT molecular complexity index is 334. The number of nitrogens with one attached hydrogen (secondary N) is 1. The zero-order valence-corrected chi connectivity index (χ0v) is 9.45. The van der Waals surface area contributed by atoms with Gasteiger partial charge in [0.05, 0.1) is 0 Å². The van der Waals surface area contributed by atoms with Crippen LogP contribution in [0.3, 0.4) is 0 Å². The van der Waals surface area contributed by atoms with Gasteiger partial charge in [0.25, 0.3) is 0 Å². The molecule has 1 unspecified atom stereocenters. The van der Waals surface area contributed by atoms with Gasteiger partial charge in [-0.1, -0.05) is 37.8 Å². The van der Waals surface area contributed by atoms with E-state index in [9.17, 15) is 4.39 Å². The molecule has 3 N–H and O–H groups in total. The molecule has 0 aliphatic heterocycles. The van der Waals surface area contributed by atoms with Crippen LogP contribution in [-0.2, 0) is 0 Å². The Hall–Kier alpha value is -0.930. The van der Waals surface area contributed by atoms with Crippen LogP contribution < -0.4 is 11.3 Å². The molecule has 0 spiro atoms. The van der Waals surface area contributed by atoms with Crippen LogP contribution in [0.2, 0.25) is 0 Å². The number of nitrogens with two attached hydrogens (primary N) is 1. The molecule has 1 aromatic rings. The van der Waals surface area contributed by atoms with Crippen molar-refractivity contribution in [1.82, 2.24) is 5.43 Å². The maximum atomic E-state index is 13.1. The van der Waals surface area contributed by atoms with E-state index in [2.05, 4.69) is 5.43 Å². The van der Waals surface area contributed by atoms with E-state index in [0.29, 0.717) is 0 Å². The second kappa shape index (κ2) is 5.41. The number of benzene rings is 1. The van der Waals surface area contributed by atoms with Gasteiger partial charge in [-0.15, -0.1) is 0 Å². The predicted molar refractivity (Wildman–Crippen MR) is 63.0 cm³/mol. The molecule has 0 saturated heterocycles. The van der Waals surface area contributed by atoms with E-state index < -0.39 is 0 Å². The lowest BCUT2D eigenvalue weighted by Gasteiger charge is -2.20. The summed E-state index contributed by atoms with van der Waals surface area (Å²) in [6, 6.07) is 6.79. The first-order chi connectivity index (χ1) is 7.79. The molecule has 2 rings (SSSR count). The van der Waals surface area contributed by atoms with Crippen LogP contribution in [0, 0.1) is 11.7 Å². The number of halogens is 1. The van der Waals surface area contributed by atoms with Gasteiger partial charge in [0.2, 0.25) is 0 Å². The van der Waals surface area contributed by atoms with Gasteiger partial charge in [-0.3, -0.25) is 11.3 Å². The number of hydrogen-bond donors (Lipinski definition) is 2. The first-order valence-electron chi connectivity index (χ1n) is 6.01. The summed E-state index contributed by atoms with van der Waals surface area (Å²) in [5.41, 5.74) is 3.76. The third-order valence-electron chi connectivity index (χ3n) is 3.50. The van der Waals surface area contributed by atoms with Gasteiger partial charge >= 0.3 is 0 Å². The average Bonchev–Trinajstić information content (AvgIpc) is 2.78. The maximum Gasteiger partial charge on any atom is 0.123 e. The maximum absolute atomic E-state index is 13.1. The largest absolute Gasteiger partial charge is 0.271 e. The van der Waals surface area contributed by atoms with Crippen molar-refractivity contribution in [1.29, 1.82) is 0 Å². The normalized spacial score (nSPS) is 18.9. The lowest BCUT2D eigenvalue weighted by molar-refractivity contribution is 0.399. The van der Waals surface area contributed by atoms with Crippen molar-refractivity contribution in [2.75, 3.05) is 0 Å². The van der Waals surface area contributed by atoms with Gasteiger partial charge < -0.3 is 0 Å². The summed E-state index contributed by atoms with van der Waals surface area (Å²) in [5, 5.41) is 0. The van der Waals surface area contributed by atoms with Crippen LogP contribution in [0.15, 0.2) is 24.3 Å². The highest BCUT2D eigenvalue weighted by atomic mass is 19.1. The summed E-state index contributed by atoms with van der Waals surface area (Å²) < 4.78 is 13.1. The van der Waals surface area contributed by atoms with Crippen LogP contribution in [-0.4, -0.2) is 0 Å². The van der Waals surface area contributed by atoms with Crippen LogP contribution in [0.25, 0.3) is 0 Å². The van der Waals surface area contributed by atoms with Gasteiger partial charge in [-0.05, 0) is 30.0 Å². The SMILES string of the molecule is NNC(CC1CCCC1)c1cccc(F)c1. The summed E-state index contributed by atoms with van der Waals surface area (Å²) >= 11 is 0. The van der Waals surface area contributed by atoms with E-state index in [1.807, 2.05) is 6.07 Å². The van der Waals surface area contributed by atoms with E-state index in [1.54, 1.807) is 12.1 Å². The standard InChI is InChI=1S/C13H19FN2/c14-12-7-3-6-11(9-12)13(16-15)8-10-4-1-2-5-10/h3,6-7,9-10,13,16H,1-2,4-5,8,15H2. The molecule has 0 heterocycles. The molecule has 0 bridgehead atoms. The quantitative estimate of drug-likeness (QED) is 0.607. The average molecular weight is 222 g/mol. The highest BCUT2D eigenvalue weighted by Gasteiger charge is 2.20. The van der Waals surface area contributed by atoms with Crippen molar-refractivity contribution < 1.29 is 4.39 Å². The Morgan fingerprint density at radius 2 is 2.12 bits per heavy atom. The van der Waals surface area contributed by atoms with E-state index in [1.165, 1.54) is 31.7 Å². The van der Waals surface area contributed by atoms with Gasteiger partial charge in [0.1, 0.15) is 5.82 Å². The second-order valence-electron chi connectivity index (χ2n) is 4.66. The van der Waals surface area contributed by atoms with Gasteiger partial charge in [-0.25, -0.2) is 4.39 Å². The molecular formula is C13H19FN2. The van der Waals surface area contributed by atoms with Crippen LogP contribution in [0.1, 0.15) is 43.7 Å². The summed E-state index contributed by atoms with van der Waals surface area (Å²) in [4.78, 5) is 0. The first-order valence-corrected chi connectivity index (χ1v) is 6.01. The molecule has 0 radical (unpaired) electrons. The molecule has 1 aromatic carbocycles. The van der Waals surface area contributed by atoms with Crippen molar-refractivity contribution in [3.8, 4) is 0 Å². The summed E-state index contributed by atoms with van der Waals surface area (Å²) in [7, 11) is 0. The molecule has 1 aliphatic rings. The molecule has 0 aromatic heterocycles. The lowest BCUT2D eigenvalue weighted by atomic mass is 9.94. The van der Waals surface area contributed by atoms with Crippen molar-refractivity contribution in [2.45, 2.75) is 38.1 Å².